The zero-order valence-electron chi connectivity index (χ0n) is 20.4. The molecule has 0 aliphatic carbocycles. The molecule has 0 radical (unpaired) electrons. The van der Waals surface area contributed by atoms with Crippen LogP contribution in [0.2, 0.25) is 5.02 Å². The van der Waals surface area contributed by atoms with Gasteiger partial charge < -0.3 is 15.0 Å². The second-order valence-corrected chi connectivity index (χ2v) is 9.82. The summed E-state index contributed by atoms with van der Waals surface area (Å²) >= 11 is 6.53. The summed E-state index contributed by atoms with van der Waals surface area (Å²) in [6.45, 7) is 7.76. The van der Waals surface area contributed by atoms with E-state index in [9.17, 15) is 0 Å². The Morgan fingerprint density at radius 2 is 1.72 bits per heavy atom. The minimum absolute atomic E-state index is 0.624. The Hall–Kier alpha value is -3.20. The number of benzene rings is 2. The van der Waals surface area contributed by atoms with Crippen molar-refractivity contribution in [2.75, 3.05) is 49.6 Å². The lowest BCUT2D eigenvalue weighted by Gasteiger charge is -2.40. The number of nitrogens with zero attached hydrogens (tertiary/aromatic N) is 6. The van der Waals surface area contributed by atoms with E-state index in [2.05, 4.69) is 37.2 Å². The van der Waals surface area contributed by atoms with Crippen LogP contribution in [-0.2, 0) is 4.74 Å². The van der Waals surface area contributed by atoms with Crippen LogP contribution >= 0.6 is 11.6 Å². The van der Waals surface area contributed by atoms with E-state index in [4.69, 9.17) is 21.3 Å². The van der Waals surface area contributed by atoms with Gasteiger partial charge in [0, 0.05) is 38.3 Å². The molecule has 0 bridgehead atoms. The van der Waals surface area contributed by atoms with Crippen molar-refractivity contribution >= 4 is 40.1 Å². The molecule has 186 valence electrons. The van der Waals surface area contributed by atoms with Gasteiger partial charge in [-0.2, -0.15) is 0 Å². The second kappa shape index (κ2) is 10.0. The molecular weight excluding hydrogens is 474 g/mol. The molecule has 0 spiro atoms. The molecule has 36 heavy (non-hydrogen) atoms. The lowest BCUT2D eigenvalue weighted by Crippen LogP contribution is -2.49. The lowest BCUT2D eigenvalue weighted by atomic mass is 10.0. The predicted octanol–water partition coefficient (Wildman–Crippen LogP) is 4.82. The average Bonchev–Trinajstić information content (AvgIpc) is 3.29. The summed E-state index contributed by atoms with van der Waals surface area (Å²) in [4.78, 5) is 19.1. The highest BCUT2D eigenvalue weighted by Gasteiger charge is 2.27. The average molecular weight is 504 g/mol. The van der Waals surface area contributed by atoms with Gasteiger partial charge in [0.05, 0.1) is 35.0 Å². The van der Waals surface area contributed by atoms with Gasteiger partial charge in [-0.25, -0.2) is 15.0 Å². The largest absolute Gasteiger partial charge is 0.379 e. The molecule has 4 aromatic rings. The quantitative estimate of drug-likeness (QED) is 0.418. The Morgan fingerprint density at radius 3 is 2.53 bits per heavy atom. The number of para-hydroxylation sites is 3. The molecular formula is C27H30ClN7O. The Morgan fingerprint density at radius 1 is 0.944 bits per heavy atom. The number of hydrogen-bond acceptors (Lipinski definition) is 7. The first kappa shape index (κ1) is 23.2. The van der Waals surface area contributed by atoms with E-state index >= 15 is 0 Å². The molecule has 6 rings (SSSR count). The number of halogens is 1. The maximum absolute atomic E-state index is 6.53. The van der Waals surface area contributed by atoms with Crippen molar-refractivity contribution in [1.82, 2.24) is 24.4 Å². The summed E-state index contributed by atoms with van der Waals surface area (Å²) in [5.41, 5.74) is 3.75. The second-order valence-electron chi connectivity index (χ2n) is 9.42. The summed E-state index contributed by atoms with van der Waals surface area (Å²) in [6.07, 6.45) is 3.91. The van der Waals surface area contributed by atoms with E-state index in [1.165, 1.54) is 0 Å². The molecule has 2 aromatic heterocycles. The van der Waals surface area contributed by atoms with E-state index in [1.807, 2.05) is 47.9 Å². The van der Waals surface area contributed by atoms with Crippen molar-refractivity contribution < 1.29 is 4.74 Å². The minimum atomic E-state index is 0.624. The van der Waals surface area contributed by atoms with Gasteiger partial charge in [0.2, 0.25) is 5.95 Å². The van der Waals surface area contributed by atoms with Gasteiger partial charge in [-0.15, -0.1) is 0 Å². The van der Waals surface area contributed by atoms with Crippen LogP contribution < -0.4 is 10.2 Å². The van der Waals surface area contributed by atoms with Crippen LogP contribution in [0.5, 0.6) is 0 Å². The molecule has 9 heteroatoms. The molecule has 2 aliphatic heterocycles. The number of aromatic nitrogens is 4. The molecule has 0 saturated carbocycles. The number of rotatable bonds is 5. The lowest BCUT2D eigenvalue weighted by molar-refractivity contribution is 0.0115. The third-order valence-electron chi connectivity index (χ3n) is 7.24. The standard InChI is InChI=1S/C27H30ClN7O/c1-19-5-4-6-21(28)26(19)32-27-31-22-7-2-3-8-23(22)35(27)25-17-24(29-18-30-25)34-11-9-20(10-12-34)33-13-15-36-16-14-33/h2-8,17-18,20H,9-16H2,1H3,(H,31,32). The van der Waals surface area contributed by atoms with Crippen molar-refractivity contribution in [1.29, 1.82) is 0 Å². The van der Waals surface area contributed by atoms with Gasteiger partial charge in [0.1, 0.15) is 18.0 Å². The number of fused-ring (bicyclic) bond motifs is 1. The van der Waals surface area contributed by atoms with Crippen LogP contribution in [0.25, 0.3) is 16.9 Å². The maximum atomic E-state index is 6.53. The van der Waals surface area contributed by atoms with Crippen molar-refractivity contribution in [3.63, 3.8) is 0 Å². The van der Waals surface area contributed by atoms with Crippen LogP contribution in [0, 0.1) is 6.92 Å². The molecule has 4 heterocycles. The molecule has 1 N–H and O–H groups in total. The maximum Gasteiger partial charge on any atom is 0.214 e. The summed E-state index contributed by atoms with van der Waals surface area (Å²) in [7, 11) is 0. The Balaban J connectivity index is 1.30. The fourth-order valence-electron chi connectivity index (χ4n) is 5.28. The topological polar surface area (TPSA) is 71.3 Å². The monoisotopic (exact) mass is 503 g/mol. The van der Waals surface area contributed by atoms with Gasteiger partial charge >= 0.3 is 0 Å². The highest BCUT2D eigenvalue weighted by molar-refractivity contribution is 6.33. The molecule has 8 nitrogen and oxygen atoms in total. The zero-order chi connectivity index (χ0) is 24.5. The third kappa shape index (κ3) is 4.52. The van der Waals surface area contributed by atoms with E-state index in [-0.39, 0.29) is 0 Å². The van der Waals surface area contributed by atoms with E-state index < -0.39 is 0 Å². The summed E-state index contributed by atoms with van der Waals surface area (Å²) in [6, 6.07) is 16.6. The number of imidazole rings is 1. The first-order valence-electron chi connectivity index (χ1n) is 12.6. The minimum Gasteiger partial charge on any atom is -0.379 e. The summed E-state index contributed by atoms with van der Waals surface area (Å²) < 4.78 is 7.58. The summed E-state index contributed by atoms with van der Waals surface area (Å²) in [5, 5.41) is 4.12. The van der Waals surface area contributed by atoms with E-state index in [1.54, 1.807) is 6.33 Å². The van der Waals surface area contributed by atoms with Crippen LogP contribution in [0.15, 0.2) is 54.9 Å². The molecule has 0 atom stereocenters. The van der Waals surface area contributed by atoms with Crippen molar-refractivity contribution in [2.24, 2.45) is 0 Å². The number of ether oxygens (including phenoxy) is 1. The van der Waals surface area contributed by atoms with Gasteiger partial charge in [-0.1, -0.05) is 35.9 Å². The van der Waals surface area contributed by atoms with Crippen LogP contribution in [0.3, 0.4) is 0 Å². The van der Waals surface area contributed by atoms with Crippen LogP contribution in [0.4, 0.5) is 17.5 Å². The van der Waals surface area contributed by atoms with Gasteiger partial charge in [-0.05, 0) is 43.5 Å². The Bertz CT molecular complexity index is 1340. The number of anilines is 3. The number of hydrogen-bond donors (Lipinski definition) is 1. The molecule has 2 saturated heterocycles. The molecule has 0 unspecified atom stereocenters. The van der Waals surface area contributed by atoms with Crippen molar-refractivity contribution in [2.45, 2.75) is 25.8 Å². The van der Waals surface area contributed by atoms with Gasteiger partial charge in [0.25, 0.3) is 0 Å². The predicted molar refractivity (Wildman–Crippen MR) is 144 cm³/mol. The smallest absolute Gasteiger partial charge is 0.214 e. The fourth-order valence-corrected chi connectivity index (χ4v) is 5.55. The van der Waals surface area contributed by atoms with Gasteiger partial charge in [0.15, 0.2) is 0 Å². The first-order valence-corrected chi connectivity index (χ1v) is 12.9. The first-order chi connectivity index (χ1) is 17.7. The molecule has 2 aliphatic rings. The van der Waals surface area contributed by atoms with Gasteiger partial charge in [-0.3, -0.25) is 9.47 Å². The number of morpholine rings is 1. The zero-order valence-corrected chi connectivity index (χ0v) is 21.2. The number of piperidine rings is 1. The molecule has 0 amide bonds. The van der Waals surface area contributed by atoms with E-state index in [0.717, 1.165) is 86.2 Å². The normalized spacial score (nSPS) is 17.6. The Labute approximate surface area is 215 Å². The summed E-state index contributed by atoms with van der Waals surface area (Å²) in [5.74, 6) is 2.39. The Kier molecular flexibility index (Phi) is 6.48. The van der Waals surface area contributed by atoms with Crippen LogP contribution in [0.1, 0.15) is 18.4 Å². The molecule has 2 fully saturated rings. The SMILES string of the molecule is Cc1cccc(Cl)c1Nc1nc2ccccc2n1-c1cc(N2CCC(N3CCOCC3)CC2)ncn1. The van der Waals surface area contributed by atoms with Crippen molar-refractivity contribution in [3.8, 4) is 5.82 Å². The van der Waals surface area contributed by atoms with Crippen molar-refractivity contribution in [3.05, 3.63) is 65.4 Å². The number of aryl methyl sites for hydroxylation is 1. The van der Waals surface area contributed by atoms with E-state index in [0.29, 0.717) is 17.0 Å². The van der Waals surface area contributed by atoms with Crippen LogP contribution in [-0.4, -0.2) is 69.9 Å². The fraction of sp³-hybridized carbons (Fsp3) is 0.370. The third-order valence-corrected chi connectivity index (χ3v) is 7.55. The highest BCUT2D eigenvalue weighted by Crippen LogP contribution is 2.32. The number of nitrogens with one attached hydrogen (secondary N) is 1. The molecule has 2 aromatic carbocycles. The highest BCUT2D eigenvalue weighted by atomic mass is 35.5.